The molecule has 3 heterocycles. The predicted molar refractivity (Wildman–Crippen MR) is 125 cm³/mol. The molecule has 2 aliphatic heterocycles. The summed E-state index contributed by atoms with van der Waals surface area (Å²) < 4.78 is 5.62. The zero-order valence-corrected chi connectivity index (χ0v) is 19.5. The number of nitrogens with zero attached hydrogens (tertiary/aromatic N) is 4. The Balaban J connectivity index is 0.00000225. The highest BCUT2D eigenvalue weighted by atomic mass is 127. The van der Waals surface area contributed by atoms with E-state index in [2.05, 4.69) is 44.1 Å². The molecule has 0 aromatic carbocycles. The molecule has 1 spiro atoms. The number of likely N-dealkylation sites (tertiary alicyclic amines) is 1. The third kappa shape index (κ3) is 4.90. The Bertz CT molecular complexity index is 659. The monoisotopic (exact) mass is 499 g/mol. The molecule has 4 rings (SSSR count). The summed E-state index contributed by atoms with van der Waals surface area (Å²) in [6.07, 6.45) is 9.17. The highest BCUT2D eigenvalue weighted by molar-refractivity contribution is 14.0. The summed E-state index contributed by atoms with van der Waals surface area (Å²) in [7, 11) is 1.89. The van der Waals surface area contributed by atoms with Crippen molar-refractivity contribution in [2.45, 2.75) is 51.7 Å². The predicted octanol–water partition coefficient (Wildman–Crippen LogP) is 3.27. The lowest BCUT2D eigenvalue weighted by atomic mass is 9.86. The molecule has 1 atom stereocenters. The summed E-state index contributed by atoms with van der Waals surface area (Å²) in [5, 5.41) is 3.54. The van der Waals surface area contributed by atoms with Crippen LogP contribution in [-0.4, -0.2) is 61.8 Å². The molecule has 1 aromatic rings. The van der Waals surface area contributed by atoms with Crippen LogP contribution in [0.15, 0.2) is 23.3 Å². The van der Waals surface area contributed by atoms with Crippen molar-refractivity contribution in [3.05, 3.63) is 23.9 Å². The van der Waals surface area contributed by atoms with E-state index in [1.807, 2.05) is 13.2 Å². The van der Waals surface area contributed by atoms with Gasteiger partial charge in [0.1, 0.15) is 5.82 Å². The number of rotatable bonds is 3. The molecule has 1 saturated carbocycles. The quantitative estimate of drug-likeness (QED) is 0.393. The van der Waals surface area contributed by atoms with Crippen LogP contribution in [0.5, 0.6) is 0 Å². The van der Waals surface area contributed by atoms with Gasteiger partial charge in [-0.25, -0.2) is 4.98 Å². The number of ether oxygens (including phenoxy) is 1. The van der Waals surface area contributed by atoms with E-state index in [0.29, 0.717) is 5.41 Å². The fourth-order valence-electron chi connectivity index (χ4n) is 4.90. The molecule has 7 heteroatoms. The van der Waals surface area contributed by atoms with E-state index >= 15 is 0 Å². The standard InChI is InChI=1S/C21H33N5O.HI/c1-17-15-25(11-12-27-17)19-6-5-18(13-23-19)14-24-20(22-2)26-10-9-21(16-26)7-3-4-8-21;/h5-6,13,17H,3-4,7-12,14-16H2,1-2H3,(H,22,24);1H. The van der Waals surface area contributed by atoms with Crippen LogP contribution in [0.4, 0.5) is 5.82 Å². The second kappa shape index (κ2) is 9.61. The summed E-state index contributed by atoms with van der Waals surface area (Å²) >= 11 is 0. The minimum atomic E-state index is 0. The van der Waals surface area contributed by atoms with Gasteiger partial charge in [-0.1, -0.05) is 18.9 Å². The summed E-state index contributed by atoms with van der Waals surface area (Å²) in [5.41, 5.74) is 1.76. The van der Waals surface area contributed by atoms with E-state index < -0.39 is 0 Å². The number of nitrogens with one attached hydrogen (secondary N) is 1. The van der Waals surface area contributed by atoms with Gasteiger partial charge >= 0.3 is 0 Å². The number of anilines is 1. The van der Waals surface area contributed by atoms with Gasteiger partial charge in [-0.05, 0) is 43.2 Å². The Hall–Kier alpha value is -1.09. The molecule has 0 radical (unpaired) electrons. The fourth-order valence-corrected chi connectivity index (χ4v) is 4.90. The molecule has 0 bridgehead atoms. The van der Waals surface area contributed by atoms with Crippen LogP contribution in [0, 0.1) is 5.41 Å². The second-order valence-corrected chi connectivity index (χ2v) is 8.43. The Kier molecular flexibility index (Phi) is 7.42. The van der Waals surface area contributed by atoms with Crippen LogP contribution in [-0.2, 0) is 11.3 Å². The van der Waals surface area contributed by atoms with Gasteiger partial charge in [0.2, 0.25) is 0 Å². The van der Waals surface area contributed by atoms with Crippen LogP contribution >= 0.6 is 24.0 Å². The molecule has 3 aliphatic rings. The highest BCUT2D eigenvalue weighted by Crippen LogP contribution is 2.45. The van der Waals surface area contributed by atoms with Crippen molar-refractivity contribution >= 4 is 35.8 Å². The number of guanidine groups is 1. The molecule has 2 saturated heterocycles. The number of hydrogen-bond donors (Lipinski definition) is 1. The van der Waals surface area contributed by atoms with Gasteiger partial charge in [-0.3, -0.25) is 4.99 Å². The fraction of sp³-hybridized carbons (Fsp3) is 0.714. The number of aromatic nitrogens is 1. The molecular weight excluding hydrogens is 465 g/mol. The first-order valence-corrected chi connectivity index (χ1v) is 10.4. The van der Waals surface area contributed by atoms with E-state index in [9.17, 15) is 0 Å². The average Bonchev–Trinajstić information content (AvgIpc) is 3.33. The Morgan fingerprint density at radius 3 is 2.79 bits per heavy atom. The van der Waals surface area contributed by atoms with Gasteiger partial charge in [0, 0.05) is 46.0 Å². The van der Waals surface area contributed by atoms with Gasteiger partial charge < -0.3 is 19.9 Å². The van der Waals surface area contributed by atoms with Crippen molar-refractivity contribution in [3.8, 4) is 0 Å². The van der Waals surface area contributed by atoms with E-state index in [1.54, 1.807) is 0 Å². The summed E-state index contributed by atoms with van der Waals surface area (Å²) in [6, 6.07) is 4.30. The molecule has 28 heavy (non-hydrogen) atoms. The van der Waals surface area contributed by atoms with Crippen molar-refractivity contribution in [1.29, 1.82) is 0 Å². The van der Waals surface area contributed by atoms with Gasteiger partial charge in [-0.2, -0.15) is 0 Å². The minimum Gasteiger partial charge on any atom is -0.375 e. The topological polar surface area (TPSA) is 53.0 Å². The third-order valence-corrected chi connectivity index (χ3v) is 6.44. The van der Waals surface area contributed by atoms with Gasteiger partial charge in [0.25, 0.3) is 0 Å². The lowest BCUT2D eigenvalue weighted by Gasteiger charge is -2.32. The van der Waals surface area contributed by atoms with E-state index in [-0.39, 0.29) is 30.1 Å². The zero-order chi connectivity index (χ0) is 18.7. The van der Waals surface area contributed by atoms with Crippen LogP contribution in [0.2, 0.25) is 0 Å². The molecule has 1 N–H and O–H groups in total. The summed E-state index contributed by atoms with van der Waals surface area (Å²) in [4.78, 5) is 13.9. The molecular formula is C21H34IN5O. The first-order chi connectivity index (χ1) is 13.2. The van der Waals surface area contributed by atoms with Crippen molar-refractivity contribution < 1.29 is 4.74 Å². The number of hydrogen-bond acceptors (Lipinski definition) is 4. The lowest BCUT2D eigenvalue weighted by molar-refractivity contribution is 0.0529. The lowest BCUT2D eigenvalue weighted by Crippen LogP contribution is -2.41. The van der Waals surface area contributed by atoms with Crippen molar-refractivity contribution in [3.63, 3.8) is 0 Å². The third-order valence-electron chi connectivity index (χ3n) is 6.44. The maximum absolute atomic E-state index is 5.62. The minimum absolute atomic E-state index is 0. The molecule has 0 amide bonds. The SMILES string of the molecule is CN=C(NCc1ccc(N2CCOC(C)C2)nc1)N1CCC2(CCCC2)C1.I. The largest absolute Gasteiger partial charge is 0.375 e. The number of aliphatic imine (C=N–C) groups is 1. The smallest absolute Gasteiger partial charge is 0.193 e. The molecule has 1 unspecified atom stereocenters. The Morgan fingerprint density at radius 2 is 2.11 bits per heavy atom. The van der Waals surface area contributed by atoms with Crippen molar-refractivity contribution in [1.82, 2.24) is 15.2 Å². The van der Waals surface area contributed by atoms with E-state index in [1.165, 1.54) is 44.2 Å². The van der Waals surface area contributed by atoms with Gasteiger partial charge in [-0.15, -0.1) is 24.0 Å². The zero-order valence-electron chi connectivity index (χ0n) is 17.2. The number of halogens is 1. The average molecular weight is 499 g/mol. The van der Waals surface area contributed by atoms with Gasteiger partial charge in [0.15, 0.2) is 5.96 Å². The van der Waals surface area contributed by atoms with Gasteiger partial charge in [0.05, 0.1) is 12.7 Å². The molecule has 1 aliphatic carbocycles. The first kappa shape index (κ1) is 21.6. The van der Waals surface area contributed by atoms with E-state index in [4.69, 9.17) is 4.74 Å². The number of pyridine rings is 1. The maximum Gasteiger partial charge on any atom is 0.193 e. The van der Waals surface area contributed by atoms with Crippen molar-refractivity contribution in [2.24, 2.45) is 10.4 Å². The maximum atomic E-state index is 5.62. The highest BCUT2D eigenvalue weighted by Gasteiger charge is 2.41. The molecule has 1 aromatic heterocycles. The Morgan fingerprint density at radius 1 is 1.29 bits per heavy atom. The van der Waals surface area contributed by atoms with Crippen LogP contribution in [0.25, 0.3) is 0 Å². The number of morpholine rings is 1. The van der Waals surface area contributed by atoms with Crippen LogP contribution in [0.3, 0.4) is 0 Å². The second-order valence-electron chi connectivity index (χ2n) is 8.43. The normalized spacial score (nSPS) is 24.5. The van der Waals surface area contributed by atoms with Crippen molar-refractivity contribution in [2.75, 3.05) is 44.7 Å². The Labute approximate surface area is 186 Å². The van der Waals surface area contributed by atoms with E-state index in [0.717, 1.165) is 44.6 Å². The summed E-state index contributed by atoms with van der Waals surface area (Å²) in [6.45, 7) is 7.78. The summed E-state index contributed by atoms with van der Waals surface area (Å²) in [5.74, 6) is 2.07. The molecule has 156 valence electrons. The van der Waals surface area contributed by atoms with Crippen LogP contribution < -0.4 is 10.2 Å². The molecule has 6 nitrogen and oxygen atoms in total. The molecule has 3 fully saturated rings. The first-order valence-electron chi connectivity index (χ1n) is 10.4. The van der Waals surface area contributed by atoms with Crippen LogP contribution in [0.1, 0.15) is 44.6 Å².